The predicted octanol–water partition coefficient (Wildman–Crippen LogP) is 1.19. The first-order chi connectivity index (χ1) is 5.54. The molecule has 0 spiro atoms. The summed E-state index contributed by atoms with van der Waals surface area (Å²) >= 11 is 0. The van der Waals surface area contributed by atoms with Gasteiger partial charge in [-0.25, -0.2) is 0 Å². The molecule has 0 saturated heterocycles. The Morgan fingerprint density at radius 2 is 2.33 bits per heavy atom. The lowest BCUT2D eigenvalue weighted by Crippen LogP contribution is -2.46. The molecule has 1 N–H and O–H groups in total. The first kappa shape index (κ1) is 9.26. The lowest BCUT2D eigenvalue weighted by molar-refractivity contribution is 0.318. The van der Waals surface area contributed by atoms with Crippen molar-refractivity contribution in [1.82, 2.24) is 10.3 Å². The second kappa shape index (κ2) is 3.27. The minimum Gasteiger partial charge on any atom is -0.306 e. The molecule has 0 aromatic rings. The Hall–Kier alpha value is -0.830. The van der Waals surface area contributed by atoms with E-state index in [-0.39, 0.29) is 5.54 Å². The van der Waals surface area contributed by atoms with Gasteiger partial charge in [-0.2, -0.15) is 5.10 Å². The van der Waals surface area contributed by atoms with Crippen molar-refractivity contribution in [3.05, 3.63) is 12.3 Å². The van der Waals surface area contributed by atoms with Gasteiger partial charge in [0.1, 0.15) is 0 Å². The molecule has 0 aromatic carbocycles. The van der Waals surface area contributed by atoms with Crippen LogP contribution in [0.2, 0.25) is 0 Å². The van der Waals surface area contributed by atoms with Gasteiger partial charge in [0.25, 0.3) is 0 Å². The normalized spacial score (nSPS) is 23.6. The van der Waals surface area contributed by atoms with Crippen LogP contribution in [0.15, 0.2) is 17.4 Å². The molecule has 0 aliphatic carbocycles. The third-order valence-electron chi connectivity index (χ3n) is 2.21. The van der Waals surface area contributed by atoms with Crippen LogP contribution in [0.5, 0.6) is 0 Å². The van der Waals surface area contributed by atoms with Crippen molar-refractivity contribution < 1.29 is 0 Å². The number of likely N-dealkylation sites (N-methyl/N-ethyl adjacent to an activating group) is 1. The van der Waals surface area contributed by atoms with Gasteiger partial charge in [0.05, 0.1) is 5.54 Å². The van der Waals surface area contributed by atoms with Crippen molar-refractivity contribution in [2.24, 2.45) is 5.10 Å². The van der Waals surface area contributed by atoms with E-state index in [1.165, 1.54) is 0 Å². The quantitative estimate of drug-likeness (QED) is 0.587. The van der Waals surface area contributed by atoms with Crippen molar-refractivity contribution in [1.29, 1.82) is 0 Å². The molecule has 0 atom stereocenters. The van der Waals surface area contributed by atoms with E-state index in [4.69, 9.17) is 0 Å². The van der Waals surface area contributed by atoms with Crippen molar-refractivity contribution in [3.63, 3.8) is 0 Å². The average Bonchev–Trinajstić information content (AvgIpc) is 2.00. The molecule has 1 heterocycles. The molecular formula is C9H17N3. The molecule has 0 bridgehead atoms. The third kappa shape index (κ3) is 1.85. The van der Waals surface area contributed by atoms with Gasteiger partial charge < -0.3 is 5.32 Å². The van der Waals surface area contributed by atoms with Crippen LogP contribution >= 0.6 is 0 Å². The van der Waals surface area contributed by atoms with E-state index < -0.39 is 0 Å². The summed E-state index contributed by atoms with van der Waals surface area (Å²) in [6.45, 7) is 9.20. The second-order valence-corrected chi connectivity index (χ2v) is 3.61. The molecule has 1 aliphatic heterocycles. The van der Waals surface area contributed by atoms with Crippen molar-refractivity contribution in [2.75, 3.05) is 13.6 Å². The highest BCUT2D eigenvalue weighted by Crippen LogP contribution is 2.17. The van der Waals surface area contributed by atoms with Gasteiger partial charge in [-0.05, 0) is 20.3 Å². The van der Waals surface area contributed by atoms with Gasteiger partial charge in [-0.1, -0.05) is 6.58 Å². The maximum Gasteiger partial charge on any atom is 0.0541 e. The summed E-state index contributed by atoms with van der Waals surface area (Å²) in [5.74, 6) is 0. The van der Waals surface area contributed by atoms with E-state index in [1.807, 2.05) is 18.3 Å². The number of rotatable bonds is 0. The van der Waals surface area contributed by atoms with E-state index in [1.54, 1.807) is 0 Å². The SMILES string of the molecule is C=C1N(C)N=CCCNC1(C)C. The standard InChI is InChI=1S/C9H17N3/c1-8-9(2,3)10-6-5-7-11-12(8)4/h7,10H,1,5-6H2,2-4H3. The summed E-state index contributed by atoms with van der Waals surface area (Å²) in [6, 6.07) is 0. The first-order valence-corrected chi connectivity index (χ1v) is 4.24. The van der Waals surface area contributed by atoms with Gasteiger partial charge in [-0.3, -0.25) is 5.01 Å². The van der Waals surface area contributed by atoms with E-state index in [2.05, 4.69) is 30.8 Å². The topological polar surface area (TPSA) is 27.6 Å². The van der Waals surface area contributed by atoms with Gasteiger partial charge in [0.2, 0.25) is 0 Å². The summed E-state index contributed by atoms with van der Waals surface area (Å²) < 4.78 is 0. The molecule has 0 unspecified atom stereocenters. The summed E-state index contributed by atoms with van der Waals surface area (Å²) in [5, 5.41) is 9.46. The van der Waals surface area contributed by atoms with Gasteiger partial charge in [0.15, 0.2) is 0 Å². The molecule has 0 saturated carbocycles. The molecular weight excluding hydrogens is 150 g/mol. The summed E-state index contributed by atoms with van der Waals surface area (Å²) in [4.78, 5) is 0. The minimum absolute atomic E-state index is 0.0491. The van der Waals surface area contributed by atoms with Gasteiger partial charge in [-0.15, -0.1) is 0 Å². The van der Waals surface area contributed by atoms with Crippen LogP contribution in [-0.4, -0.2) is 30.4 Å². The van der Waals surface area contributed by atoms with Crippen LogP contribution in [0.3, 0.4) is 0 Å². The monoisotopic (exact) mass is 167 g/mol. The highest BCUT2D eigenvalue weighted by atomic mass is 15.4. The highest BCUT2D eigenvalue weighted by Gasteiger charge is 2.24. The predicted molar refractivity (Wildman–Crippen MR) is 52.1 cm³/mol. The van der Waals surface area contributed by atoms with Crippen LogP contribution in [0.4, 0.5) is 0 Å². The third-order valence-corrected chi connectivity index (χ3v) is 2.21. The zero-order valence-corrected chi connectivity index (χ0v) is 8.09. The number of hydrazone groups is 1. The minimum atomic E-state index is -0.0491. The number of hydrogen-bond donors (Lipinski definition) is 1. The first-order valence-electron chi connectivity index (χ1n) is 4.24. The molecule has 3 nitrogen and oxygen atoms in total. The van der Waals surface area contributed by atoms with Crippen LogP contribution in [0.1, 0.15) is 20.3 Å². The molecule has 0 radical (unpaired) electrons. The van der Waals surface area contributed by atoms with E-state index in [0.717, 1.165) is 18.7 Å². The van der Waals surface area contributed by atoms with Crippen LogP contribution in [0, 0.1) is 0 Å². The Morgan fingerprint density at radius 1 is 1.67 bits per heavy atom. The average molecular weight is 167 g/mol. The zero-order valence-electron chi connectivity index (χ0n) is 8.09. The van der Waals surface area contributed by atoms with Crippen molar-refractivity contribution in [2.45, 2.75) is 25.8 Å². The van der Waals surface area contributed by atoms with Crippen molar-refractivity contribution >= 4 is 6.21 Å². The number of hydrogen-bond acceptors (Lipinski definition) is 3. The van der Waals surface area contributed by atoms with Crippen LogP contribution in [-0.2, 0) is 0 Å². The Bertz CT molecular complexity index is 206. The lowest BCUT2D eigenvalue weighted by atomic mass is 10.0. The van der Waals surface area contributed by atoms with Crippen molar-refractivity contribution in [3.8, 4) is 0 Å². The van der Waals surface area contributed by atoms with Gasteiger partial charge in [0, 0.05) is 25.5 Å². The summed E-state index contributed by atoms with van der Waals surface area (Å²) in [7, 11) is 1.92. The zero-order chi connectivity index (χ0) is 9.19. The fourth-order valence-corrected chi connectivity index (χ4v) is 1.21. The molecule has 0 fully saturated rings. The summed E-state index contributed by atoms with van der Waals surface area (Å²) in [5.41, 5.74) is 0.949. The fourth-order valence-electron chi connectivity index (χ4n) is 1.21. The van der Waals surface area contributed by atoms with E-state index >= 15 is 0 Å². The lowest BCUT2D eigenvalue weighted by Gasteiger charge is -2.33. The Morgan fingerprint density at radius 3 is 3.00 bits per heavy atom. The van der Waals surface area contributed by atoms with Gasteiger partial charge >= 0.3 is 0 Å². The molecule has 3 heteroatoms. The Kier molecular flexibility index (Phi) is 2.52. The van der Waals surface area contributed by atoms with Crippen LogP contribution in [0.25, 0.3) is 0 Å². The Balaban J connectivity index is 2.81. The highest BCUT2D eigenvalue weighted by molar-refractivity contribution is 5.57. The summed E-state index contributed by atoms with van der Waals surface area (Å²) in [6.07, 6.45) is 2.88. The number of nitrogens with zero attached hydrogens (tertiary/aromatic N) is 2. The smallest absolute Gasteiger partial charge is 0.0541 e. The molecule has 0 aromatic heterocycles. The second-order valence-electron chi connectivity index (χ2n) is 3.61. The molecule has 0 amide bonds. The Labute approximate surface area is 74.1 Å². The van der Waals surface area contributed by atoms with E-state index in [0.29, 0.717) is 0 Å². The fraction of sp³-hybridized carbons (Fsp3) is 0.667. The molecule has 12 heavy (non-hydrogen) atoms. The molecule has 1 aliphatic rings. The maximum absolute atomic E-state index is 4.23. The molecule has 68 valence electrons. The molecule has 1 rings (SSSR count). The van der Waals surface area contributed by atoms with Crippen LogP contribution < -0.4 is 5.32 Å². The largest absolute Gasteiger partial charge is 0.306 e. The maximum atomic E-state index is 4.23. The number of nitrogens with one attached hydrogen (secondary N) is 1. The van der Waals surface area contributed by atoms with E-state index in [9.17, 15) is 0 Å².